The van der Waals surface area contributed by atoms with Crippen LogP contribution in [0.5, 0.6) is 0 Å². The summed E-state index contributed by atoms with van der Waals surface area (Å²) in [6.07, 6.45) is 3.26. The second-order valence-corrected chi connectivity index (χ2v) is 7.59. The Hall–Kier alpha value is -2.13. The molecule has 1 saturated carbocycles. The Morgan fingerprint density at radius 2 is 1.81 bits per heavy atom. The minimum Gasteiger partial charge on any atom is -0.511 e. The second kappa shape index (κ2) is 6.55. The normalized spacial score (nSPS) is 22.2. The number of aryl methyl sites for hydroxylation is 1. The first kappa shape index (κ1) is 17.3. The van der Waals surface area contributed by atoms with Crippen molar-refractivity contribution >= 4 is 23.0 Å². The van der Waals surface area contributed by atoms with Crippen LogP contribution in [0.15, 0.2) is 42.2 Å². The van der Waals surface area contributed by atoms with Crippen molar-refractivity contribution in [1.82, 2.24) is 0 Å². The second-order valence-electron chi connectivity index (χ2n) is 7.19. The van der Waals surface area contributed by atoms with Crippen LogP contribution >= 0.6 is 11.6 Å². The zero-order valence-electron chi connectivity index (χ0n) is 14.6. The van der Waals surface area contributed by atoms with Gasteiger partial charge in [-0.2, -0.15) is 0 Å². The van der Waals surface area contributed by atoms with Gasteiger partial charge in [-0.1, -0.05) is 36.7 Å². The van der Waals surface area contributed by atoms with Crippen LogP contribution in [0.4, 0.5) is 4.39 Å². The first-order valence-electron chi connectivity index (χ1n) is 9.05. The van der Waals surface area contributed by atoms with Crippen molar-refractivity contribution in [1.29, 1.82) is 0 Å². The monoisotopic (exact) mass is 370 g/mol. The summed E-state index contributed by atoms with van der Waals surface area (Å²) < 4.78 is 13.5. The van der Waals surface area contributed by atoms with Crippen LogP contribution in [0.3, 0.4) is 0 Å². The molecule has 0 radical (unpaired) electrons. The minimum absolute atomic E-state index is 0.0273. The summed E-state index contributed by atoms with van der Waals surface area (Å²) in [4.78, 5) is 12.9. The standard InChI is InChI=1S/C22H20ClFO2/c1-2-12-3-4-13(14-7-8-19(24)18(23)11-14)10-17(12)20-21(25)15-5-6-16(9-15)22(20)26/h3-4,7-8,10-11,15-16,25H,2,5-6,9H2,1H3/t15-,16+/m1/s1. The average molecular weight is 371 g/mol. The highest BCUT2D eigenvalue weighted by Crippen LogP contribution is 2.46. The average Bonchev–Trinajstić information content (AvgIpc) is 3.10. The molecule has 134 valence electrons. The van der Waals surface area contributed by atoms with Gasteiger partial charge in [-0.3, -0.25) is 4.79 Å². The fourth-order valence-corrected chi connectivity index (χ4v) is 4.43. The fourth-order valence-electron chi connectivity index (χ4n) is 4.25. The van der Waals surface area contributed by atoms with Crippen molar-refractivity contribution in [2.45, 2.75) is 32.6 Å². The number of hydrogen-bond acceptors (Lipinski definition) is 2. The zero-order valence-corrected chi connectivity index (χ0v) is 15.3. The van der Waals surface area contributed by atoms with Gasteiger partial charge in [0.15, 0.2) is 5.78 Å². The third-order valence-corrected chi connectivity index (χ3v) is 6.00. The lowest BCUT2D eigenvalue weighted by molar-refractivity contribution is -0.117. The number of benzene rings is 2. The number of carbonyl (C=O) groups excluding carboxylic acids is 1. The molecule has 0 heterocycles. The molecule has 0 spiro atoms. The predicted octanol–water partition coefficient (Wildman–Crippen LogP) is 5.98. The van der Waals surface area contributed by atoms with Gasteiger partial charge in [-0.15, -0.1) is 0 Å². The van der Waals surface area contributed by atoms with E-state index in [1.165, 1.54) is 6.07 Å². The Balaban J connectivity index is 1.87. The SMILES string of the molecule is CCc1ccc(-c2ccc(F)c(Cl)c2)cc1C1=C(O)[C@@H]2CC[C@@H](C2)C1=O. The van der Waals surface area contributed by atoms with Crippen LogP contribution in [0.2, 0.25) is 5.02 Å². The van der Waals surface area contributed by atoms with Gasteiger partial charge < -0.3 is 5.11 Å². The van der Waals surface area contributed by atoms with Crippen molar-refractivity contribution in [3.8, 4) is 11.1 Å². The third kappa shape index (κ3) is 2.75. The van der Waals surface area contributed by atoms with Crippen molar-refractivity contribution in [3.05, 3.63) is 64.1 Å². The first-order chi connectivity index (χ1) is 12.5. The molecule has 0 aliphatic heterocycles. The van der Waals surface area contributed by atoms with Crippen molar-refractivity contribution < 1.29 is 14.3 Å². The van der Waals surface area contributed by atoms with Gasteiger partial charge in [0.25, 0.3) is 0 Å². The van der Waals surface area contributed by atoms with E-state index >= 15 is 0 Å². The summed E-state index contributed by atoms with van der Waals surface area (Å²) in [6, 6.07) is 10.5. The Labute approximate surface area is 157 Å². The van der Waals surface area contributed by atoms with Crippen LogP contribution in [-0.2, 0) is 11.2 Å². The molecule has 2 nitrogen and oxygen atoms in total. The van der Waals surface area contributed by atoms with Gasteiger partial charge in [0, 0.05) is 11.8 Å². The molecule has 4 heteroatoms. The van der Waals surface area contributed by atoms with Gasteiger partial charge in [0.05, 0.1) is 10.6 Å². The molecule has 1 fully saturated rings. The lowest BCUT2D eigenvalue weighted by atomic mass is 9.81. The van der Waals surface area contributed by atoms with E-state index in [4.69, 9.17) is 11.6 Å². The minimum atomic E-state index is -0.458. The Kier molecular flexibility index (Phi) is 4.36. The van der Waals surface area contributed by atoms with E-state index in [2.05, 4.69) is 0 Å². The van der Waals surface area contributed by atoms with E-state index < -0.39 is 5.82 Å². The lowest BCUT2D eigenvalue weighted by Crippen LogP contribution is -2.22. The maximum atomic E-state index is 13.5. The number of hydrogen-bond donors (Lipinski definition) is 1. The molecule has 0 unspecified atom stereocenters. The van der Waals surface area contributed by atoms with Gasteiger partial charge in [0.1, 0.15) is 11.6 Å². The molecule has 0 saturated heterocycles. The summed E-state index contributed by atoms with van der Waals surface area (Å²) >= 11 is 5.93. The fraction of sp³-hybridized carbons (Fsp3) is 0.318. The molecule has 4 rings (SSSR count). The quantitative estimate of drug-likeness (QED) is 0.721. The third-order valence-electron chi connectivity index (χ3n) is 5.71. The van der Waals surface area contributed by atoms with Crippen LogP contribution in [0.25, 0.3) is 16.7 Å². The van der Waals surface area contributed by atoms with Gasteiger partial charge in [-0.25, -0.2) is 4.39 Å². The molecule has 2 aromatic carbocycles. The van der Waals surface area contributed by atoms with Crippen molar-refractivity contribution in [2.75, 3.05) is 0 Å². The van der Waals surface area contributed by atoms with Crippen LogP contribution < -0.4 is 0 Å². The molecule has 0 aromatic heterocycles. The summed E-state index contributed by atoms with van der Waals surface area (Å²) in [5.74, 6) is -0.0333. The zero-order chi connectivity index (χ0) is 18.4. The van der Waals surface area contributed by atoms with Crippen LogP contribution in [-0.4, -0.2) is 10.9 Å². The maximum Gasteiger partial charge on any atom is 0.169 e. The summed E-state index contributed by atoms with van der Waals surface area (Å²) in [6.45, 7) is 2.03. The highest BCUT2D eigenvalue weighted by Gasteiger charge is 2.41. The number of allylic oxidation sites excluding steroid dienone is 2. The van der Waals surface area contributed by atoms with E-state index in [9.17, 15) is 14.3 Å². The molecule has 0 amide bonds. The van der Waals surface area contributed by atoms with E-state index in [0.29, 0.717) is 5.57 Å². The lowest BCUT2D eigenvalue weighted by Gasteiger charge is -2.23. The molecule has 2 aliphatic rings. The van der Waals surface area contributed by atoms with Crippen molar-refractivity contribution in [2.24, 2.45) is 11.8 Å². The van der Waals surface area contributed by atoms with Crippen LogP contribution in [0, 0.1) is 17.7 Å². The summed E-state index contributed by atoms with van der Waals surface area (Å²) in [5.41, 5.74) is 3.94. The topological polar surface area (TPSA) is 37.3 Å². The highest BCUT2D eigenvalue weighted by molar-refractivity contribution is 6.31. The maximum absolute atomic E-state index is 13.5. The van der Waals surface area contributed by atoms with Crippen LogP contribution in [0.1, 0.15) is 37.3 Å². The molecule has 2 aromatic rings. The Bertz CT molecular complexity index is 932. The molecule has 2 atom stereocenters. The Morgan fingerprint density at radius 3 is 2.54 bits per heavy atom. The smallest absolute Gasteiger partial charge is 0.169 e. The van der Waals surface area contributed by atoms with Crippen molar-refractivity contribution in [3.63, 3.8) is 0 Å². The number of fused-ring (bicyclic) bond motifs is 2. The summed E-state index contributed by atoms with van der Waals surface area (Å²) in [5, 5.41) is 10.8. The number of Topliss-reactive ketones (excluding diaryl/α,β-unsaturated/α-hetero) is 1. The number of ketones is 1. The van der Waals surface area contributed by atoms with E-state index in [0.717, 1.165) is 47.9 Å². The molecule has 2 bridgehead atoms. The molecular weight excluding hydrogens is 351 g/mol. The van der Waals surface area contributed by atoms with E-state index in [-0.39, 0.29) is 28.4 Å². The highest BCUT2D eigenvalue weighted by atomic mass is 35.5. The first-order valence-corrected chi connectivity index (χ1v) is 9.43. The molecule has 26 heavy (non-hydrogen) atoms. The molecule has 2 aliphatic carbocycles. The molecule has 1 N–H and O–H groups in total. The predicted molar refractivity (Wildman–Crippen MR) is 102 cm³/mol. The largest absolute Gasteiger partial charge is 0.511 e. The number of aliphatic hydroxyl groups excluding tert-OH is 1. The van der Waals surface area contributed by atoms with Gasteiger partial charge in [0.2, 0.25) is 0 Å². The number of carbonyl (C=O) groups is 1. The Morgan fingerprint density at radius 1 is 1.12 bits per heavy atom. The number of rotatable bonds is 3. The van der Waals surface area contributed by atoms with E-state index in [1.54, 1.807) is 12.1 Å². The van der Waals surface area contributed by atoms with Gasteiger partial charge >= 0.3 is 0 Å². The summed E-state index contributed by atoms with van der Waals surface area (Å²) in [7, 11) is 0. The molecular formula is C22H20ClFO2. The number of aliphatic hydroxyl groups is 1. The number of halogens is 2. The van der Waals surface area contributed by atoms with Gasteiger partial charge in [-0.05, 0) is 66.1 Å². The van der Waals surface area contributed by atoms with E-state index in [1.807, 2.05) is 25.1 Å².